The van der Waals surface area contributed by atoms with Gasteiger partial charge in [-0.3, -0.25) is 4.79 Å². The number of aromatic nitrogens is 1. The highest BCUT2D eigenvalue weighted by Gasteiger charge is 2.26. The van der Waals surface area contributed by atoms with E-state index < -0.39 is 11.4 Å². The molecule has 0 radical (unpaired) electrons. The smallest absolute Gasteiger partial charge is 0.270 e. The Kier molecular flexibility index (Phi) is 4.06. The SMILES string of the molecule is CC(C)(NC(=O)c1ccc(Br)cn1)C(N)=NO. The molecule has 4 N–H and O–H groups in total. The van der Waals surface area contributed by atoms with Gasteiger partial charge in [0, 0.05) is 10.7 Å². The van der Waals surface area contributed by atoms with Crippen molar-refractivity contribution >= 4 is 27.7 Å². The average molecular weight is 301 g/mol. The van der Waals surface area contributed by atoms with Crippen LogP contribution in [0.1, 0.15) is 24.3 Å². The van der Waals surface area contributed by atoms with Crippen molar-refractivity contribution in [2.45, 2.75) is 19.4 Å². The lowest BCUT2D eigenvalue weighted by Gasteiger charge is -2.24. The first-order valence-electron chi connectivity index (χ1n) is 4.79. The molecule has 0 aliphatic heterocycles. The van der Waals surface area contributed by atoms with E-state index in [4.69, 9.17) is 10.9 Å². The molecule has 1 heterocycles. The fourth-order valence-corrected chi connectivity index (χ4v) is 1.28. The second-order valence-corrected chi connectivity index (χ2v) is 4.84. The summed E-state index contributed by atoms with van der Waals surface area (Å²) >= 11 is 3.22. The molecule has 0 bridgehead atoms. The summed E-state index contributed by atoms with van der Waals surface area (Å²) in [6, 6.07) is 3.28. The normalized spacial score (nSPS) is 12.3. The number of amides is 1. The molecule has 0 unspecified atom stereocenters. The van der Waals surface area contributed by atoms with Crippen molar-refractivity contribution in [2.24, 2.45) is 10.9 Å². The number of nitrogens with zero attached hydrogens (tertiary/aromatic N) is 2. The van der Waals surface area contributed by atoms with Crippen LogP contribution in [0.15, 0.2) is 28.0 Å². The number of halogens is 1. The van der Waals surface area contributed by atoms with Crippen LogP contribution in [0.2, 0.25) is 0 Å². The Labute approximate surface area is 107 Å². The highest BCUT2D eigenvalue weighted by Crippen LogP contribution is 2.09. The van der Waals surface area contributed by atoms with Crippen LogP contribution < -0.4 is 11.1 Å². The number of hydrogen-bond donors (Lipinski definition) is 3. The standard InChI is InChI=1S/C10H13BrN4O2/c1-10(2,9(12)15-17)14-8(16)7-4-3-6(11)5-13-7/h3-5,17H,1-2H3,(H2,12,15)(H,14,16). The lowest BCUT2D eigenvalue weighted by Crippen LogP contribution is -2.53. The zero-order valence-corrected chi connectivity index (χ0v) is 11.0. The van der Waals surface area contributed by atoms with E-state index >= 15 is 0 Å². The molecule has 1 aromatic rings. The van der Waals surface area contributed by atoms with Crippen LogP contribution in [0, 0.1) is 0 Å². The van der Waals surface area contributed by atoms with Crippen LogP contribution in [-0.2, 0) is 0 Å². The topological polar surface area (TPSA) is 101 Å². The largest absolute Gasteiger partial charge is 0.409 e. The Bertz CT molecular complexity index is 442. The monoisotopic (exact) mass is 300 g/mol. The van der Waals surface area contributed by atoms with E-state index in [-0.39, 0.29) is 11.5 Å². The maximum atomic E-state index is 11.8. The van der Waals surface area contributed by atoms with Crippen LogP contribution in [0.5, 0.6) is 0 Å². The third-order valence-electron chi connectivity index (χ3n) is 2.13. The summed E-state index contributed by atoms with van der Waals surface area (Å²) in [5, 5.41) is 14.1. The van der Waals surface area contributed by atoms with Gasteiger partial charge in [0.1, 0.15) is 5.69 Å². The Morgan fingerprint density at radius 2 is 2.24 bits per heavy atom. The zero-order valence-electron chi connectivity index (χ0n) is 9.44. The molecule has 92 valence electrons. The van der Waals surface area contributed by atoms with Gasteiger partial charge in [-0.25, -0.2) is 4.98 Å². The van der Waals surface area contributed by atoms with Crippen molar-refractivity contribution in [3.8, 4) is 0 Å². The van der Waals surface area contributed by atoms with Gasteiger partial charge in [-0.2, -0.15) is 0 Å². The number of nitrogens with one attached hydrogen (secondary N) is 1. The molecule has 0 spiro atoms. The minimum atomic E-state index is -0.944. The van der Waals surface area contributed by atoms with E-state index in [0.29, 0.717) is 0 Å². The second kappa shape index (κ2) is 5.13. The molecule has 0 saturated carbocycles. The average Bonchev–Trinajstić information content (AvgIpc) is 2.28. The van der Waals surface area contributed by atoms with Gasteiger partial charge >= 0.3 is 0 Å². The third-order valence-corrected chi connectivity index (χ3v) is 2.60. The third kappa shape index (κ3) is 3.42. The molecule has 1 rings (SSSR count). The fraction of sp³-hybridized carbons (Fsp3) is 0.300. The molecule has 0 aromatic carbocycles. The van der Waals surface area contributed by atoms with Gasteiger partial charge in [0.05, 0.1) is 5.54 Å². The quantitative estimate of drug-likeness (QED) is 0.337. The van der Waals surface area contributed by atoms with Gasteiger partial charge in [-0.15, -0.1) is 0 Å². The molecule has 0 saturated heterocycles. The minimum absolute atomic E-state index is 0.0806. The van der Waals surface area contributed by atoms with Crippen molar-refractivity contribution in [2.75, 3.05) is 0 Å². The number of oxime groups is 1. The maximum Gasteiger partial charge on any atom is 0.270 e. The van der Waals surface area contributed by atoms with Crippen LogP contribution in [0.3, 0.4) is 0 Å². The molecular formula is C10H13BrN4O2. The molecule has 0 atom stereocenters. The number of carbonyl (C=O) groups excluding carboxylic acids is 1. The van der Waals surface area contributed by atoms with Crippen molar-refractivity contribution in [1.82, 2.24) is 10.3 Å². The highest BCUT2D eigenvalue weighted by atomic mass is 79.9. The summed E-state index contributed by atoms with van der Waals surface area (Å²) in [6.07, 6.45) is 1.52. The van der Waals surface area contributed by atoms with Gasteiger partial charge in [-0.05, 0) is 41.9 Å². The van der Waals surface area contributed by atoms with Crippen LogP contribution in [0.25, 0.3) is 0 Å². The lowest BCUT2D eigenvalue weighted by atomic mass is 10.0. The second-order valence-electron chi connectivity index (χ2n) is 3.93. The number of rotatable bonds is 3. The van der Waals surface area contributed by atoms with Gasteiger partial charge in [-0.1, -0.05) is 5.16 Å². The number of pyridine rings is 1. The summed E-state index contributed by atoms with van der Waals surface area (Å²) in [7, 11) is 0. The Balaban J connectivity index is 2.83. The van der Waals surface area contributed by atoms with E-state index in [0.717, 1.165) is 4.47 Å². The van der Waals surface area contributed by atoms with Gasteiger partial charge in [0.2, 0.25) is 0 Å². The summed E-state index contributed by atoms with van der Waals surface area (Å²) in [5.41, 5.74) is 4.77. The molecule has 1 aromatic heterocycles. The van der Waals surface area contributed by atoms with Crippen molar-refractivity contribution in [3.05, 3.63) is 28.5 Å². The van der Waals surface area contributed by atoms with Crippen LogP contribution >= 0.6 is 15.9 Å². The first-order valence-corrected chi connectivity index (χ1v) is 5.58. The van der Waals surface area contributed by atoms with Gasteiger partial charge in [0.25, 0.3) is 5.91 Å². The van der Waals surface area contributed by atoms with E-state index in [1.165, 1.54) is 6.20 Å². The summed E-state index contributed by atoms with van der Waals surface area (Å²) in [5.74, 6) is -0.475. The molecule has 0 fully saturated rings. The Morgan fingerprint density at radius 1 is 1.59 bits per heavy atom. The first-order chi connectivity index (χ1) is 7.86. The summed E-state index contributed by atoms with van der Waals surface area (Å²) < 4.78 is 0.782. The summed E-state index contributed by atoms with van der Waals surface area (Å²) in [6.45, 7) is 3.25. The predicted molar refractivity (Wildman–Crippen MR) is 66.9 cm³/mol. The Morgan fingerprint density at radius 3 is 2.71 bits per heavy atom. The number of nitrogens with two attached hydrogens (primary N) is 1. The van der Waals surface area contributed by atoms with E-state index in [1.807, 2.05) is 0 Å². The van der Waals surface area contributed by atoms with Gasteiger partial charge in [0.15, 0.2) is 5.84 Å². The molecule has 0 aliphatic rings. The molecule has 17 heavy (non-hydrogen) atoms. The molecular weight excluding hydrogens is 288 g/mol. The molecule has 1 amide bonds. The number of amidine groups is 1. The minimum Gasteiger partial charge on any atom is -0.409 e. The van der Waals surface area contributed by atoms with Gasteiger partial charge < -0.3 is 16.3 Å². The van der Waals surface area contributed by atoms with E-state index in [1.54, 1.807) is 26.0 Å². The van der Waals surface area contributed by atoms with Crippen molar-refractivity contribution in [1.29, 1.82) is 0 Å². The fourth-order valence-electron chi connectivity index (χ4n) is 1.05. The van der Waals surface area contributed by atoms with E-state index in [2.05, 4.69) is 31.4 Å². The molecule has 0 aliphatic carbocycles. The lowest BCUT2D eigenvalue weighted by molar-refractivity contribution is 0.0925. The van der Waals surface area contributed by atoms with Crippen LogP contribution in [0.4, 0.5) is 0 Å². The highest BCUT2D eigenvalue weighted by molar-refractivity contribution is 9.10. The molecule has 7 heteroatoms. The first kappa shape index (κ1) is 13.4. The van der Waals surface area contributed by atoms with Crippen molar-refractivity contribution < 1.29 is 10.0 Å². The zero-order chi connectivity index (χ0) is 13.1. The molecule has 6 nitrogen and oxygen atoms in total. The summed E-state index contributed by atoms with van der Waals surface area (Å²) in [4.78, 5) is 15.8. The maximum absolute atomic E-state index is 11.8. The van der Waals surface area contributed by atoms with E-state index in [9.17, 15) is 4.79 Å². The van der Waals surface area contributed by atoms with Crippen LogP contribution in [-0.4, -0.2) is 27.5 Å². The Hall–Kier alpha value is -1.63. The van der Waals surface area contributed by atoms with Crippen molar-refractivity contribution in [3.63, 3.8) is 0 Å². The number of carbonyl (C=O) groups is 1. The predicted octanol–water partition coefficient (Wildman–Crippen LogP) is 1.10. The number of hydrogen-bond acceptors (Lipinski definition) is 4.